The minimum Gasteiger partial charge on any atom is -0.393 e. The highest BCUT2D eigenvalue weighted by atomic mass is 32.1. The van der Waals surface area contributed by atoms with Gasteiger partial charge in [0, 0.05) is 23.9 Å². The van der Waals surface area contributed by atoms with E-state index in [-0.39, 0.29) is 5.92 Å². The van der Waals surface area contributed by atoms with Gasteiger partial charge in [0.15, 0.2) is 0 Å². The van der Waals surface area contributed by atoms with E-state index in [4.69, 9.17) is 18.0 Å². The van der Waals surface area contributed by atoms with Crippen LogP contribution in [0.4, 0.5) is 0 Å². The summed E-state index contributed by atoms with van der Waals surface area (Å²) >= 11 is 6.92. The average Bonchev–Trinajstić information content (AvgIpc) is 2.82. The third kappa shape index (κ3) is 3.85. The fourth-order valence-electron chi connectivity index (χ4n) is 2.14. The van der Waals surface area contributed by atoms with Gasteiger partial charge in [-0.3, -0.25) is 0 Å². The number of hydrogen-bond acceptors (Lipinski definition) is 4. The highest BCUT2D eigenvalue weighted by molar-refractivity contribution is 7.80. The molecule has 0 spiro atoms. The van der Waals surface area contributed by atoms with Gasteiger partial charge < -0.3 is 10.6 Å². The van der Waals surface area contributed by atoms with Gasteiger partial charge in [-0.25, -0.2) is 4.98 Å². The Morgan fingerprint density at radius 3 is 2.65 bits per heavy atom. The summed E-state index contributed by atoms with van der Waals surface area (Å²) in [4.78, 5) is 8.37. The van der Waals surface area contributed by atoms with E-state index in [0.717, 1.165) is 18.8 Å². The van der Waals surface area contributed by atoms with Crippen molar-refractivity contribution in [2.24, 2.45) is 5.73 Å². The Hall–Kier alpha value is -1.30. The highest BCUT2D eigenvalue weighted by Crippen LogP contribution is 2.20. The number of likely N-dealkylation sites (N-methyl/N-ethyl adjacent to an activating group) is 1. The number of benzene rings is 1. The van der Waals surface area contributed by atoms with Crippen LogP contribution in [0.5, 0.6) is 0 Å². The normalized spacial score (nSPS) is 12.6. The van der Waals surface area contributed by atoms with Gasteiger partial charge in [0.25, 0.3) is 0 Å². The summed E-state index contributed by atoms with van der Waals surface area (Å²) in [6.45, 7) is 3.74. The van der Waals surface area contributed by atoms with Crippen molar-refractivity contribution in [3.8, 4) is 0 Å². The van der Waals surface area contributed by atoms with Crippen LogP contribution in [-0.4, -0.2) is 28.5 Å². The van der Waals surface area contributed by atoms with Gasteiger partial charge in [-0.1, -0.05) is 42.5 Å². The first-order valence-electron chi connectivity index (χ1n) is 6.49. The Morgan fingerprint density at radius 2 is 2.10 bits per heavy atom. The van der Waals surface area contributed by atoms with Crippen molar-refractivity contribution in [2.45, 2.75) is 19.4 Å². The van der Waals surface area contributed by atoms with Crippen LogP contribution >= 0.6 is 23.6 Å². The number of nitrogens with zero attached hydrogens (tertiary/aromatic N) is 2. The predicted molar refractivity (Wildman–Crippen MR) is 89.2 cm³/mol. The molecule has 1 heterocycles. The second kappa shape index (κ2) is 6.92. The monoisotopic (exact) mass is 305 g/mol. The number of nitrogens with two attached hydrogens (primary N) is 1. The zero-order valence-electron chi connectivity index (χ0n) is 11.7. The number of hydrogen-bond donors (Lipinski definition) is 1. The lowest BCUT2D eigenvalue weighted by molar-refractivity contribution is 0.325. The fraction of sp³-hybridized carbons (Fsp3) is 0.333. The summed E-state index contributed by atoms with van der Waals surface area (Å²) in [6.07, 6.45) is 0. The minimum absolute atomic E-state index is 0.0874. The Labute approximate surface area is 129 Å². The van der Waals surface area contributed by atoms with Crippen LogP contribution in [0, 0.1) is 6.92 Å². The van der Waals surface area contributed by atoms with Crippen molar-refractivity contribution in [2.75, 3.05) is 13.6 Å². The fourth-order valence-corrected chi connectivity index (χ4v) is 3.21. The molecule has 0 saturated carbocycles. The number of aromatic nitrogens is 1. The molecule has 0 aliphatic rings. The second-order valence-corrected chi connectivity index (χ2v) is 6.33. The van der Waals surface area contributed by atoms with E-state index in [0.29, 0.717) is 4.99 Å². The molecule has 2 N–H and O–H groups in total. The topological polar surface area (TPSA) is 42.2 Å². The Kier molecular flexibility index (Phi) is 5.23. The third-order valence-corrected chi connectivity index (χ3v) is 4.50. The minimum atomic E-state index is 0.0874. The molecule has 20 heavy (non-hydrogen) atoms. The van der Waals surface area contributed by atoms with Crippen molar-refractivity contribution in [1.29, 1.82) is 0 Å². The lowest BCUT2D eigenvalue weighted by Crippen LogP contribution is -2.31. The average molecular weight is 305 g/mol. The summed E-state index contributed by atoms with van der Waals surface area (Å²) in [5.41, 5.74) is 10.1. The van der Waals surface area contributed by atoms with E-state index in [1.165, 1.54) is 10.4 Å². The molecule has 0 radical (unpaired) electrons. The van der Waals surface area contributed by atoms with E-state index >= 15 is 0 Å². The van der Waals surface area contributed by atoms with Gasteiger partial charge in [0.1, 0.15) is 0 Å². The van der Waals surface area contributed by atoms with Gasteiger partial charge in [0.05, 0.1) is 16.2 Å². The van der Waals surface area contributed by atoms with Crippen LogP contribution < -0.4 is 5.73 Å². The Bertz CT molecular complexity index is 566. The number of thiazole rings is 1. The molecule has 1 aromatic carbocycles. The summed E-state index contributed by atoms with van der Waals surface area (Å²) in [6, 6.07) is 10.2. The van der Waals surface area contributed by atoms with Crippen LogP contribution in [0.1, 0.15) is 22.1 Å². The lowest BCUT2D eigenvalue weighted by atomic mass is 9.98. The van der Waals surface area contributed by atoms with E-state index in [2.05, 4.69) is 29.1 Å². The molecule has 3 nitrogen and oxygen atoms in total. The highest BCUT2D eigenvalue weighted by Gasteiger charge is 2.17. The van der Waals surface area contributed by atoms with Gasteiger partial charge in [-0.05, 0) is 19.5 Å². The van der Waals surface area contributed by atoms with Gasteiger partial charge in [-0.15, -0.1) is 11.3 Å². The van der Waals surface area contributed by atoms with Crippen molar-refractivity contribution in [3.05, 3.63) is 52.0 Å². The first-order chi connectivity index (χ1) is 9.58. The van der Waals surface area contributed by atoms with Crippen LogP contribution in [0.2, 0.25) is 0 Å². The molecule has 0 aliphatic carbocycles. The summed E-state index contributed by atoms with van der Waals surface area (Å²) in [7, 11) is 2.09. The molecule has 2 aromatic rings. The van der Waals surface area contributed by atoms with E-state index < -0.39 is 0 Å². The van der Waals surface area contributed by atoms with Crippen molar-refractivity contribution >= 4 is 28.5 Å². The first-order valence-corrected chi connectivity index (χ1v) is 7.78. The van der Waals surface area contributed by atoms with Gasteiger partial charge in [0.2, 0.25) is 0 Å². The predicted octanol–water partition coefficient (Wildman–Crippen LogP) is 2.95. The standard InChI is InChI=1S/C15H19N3S2/c1-11-14(20-10-17-11)9-18(2)8-13(15(16)19)12-6-4-3-5-7-12/h3-7,10,13H,8-9H2,1-2H3,(H2,16,19). The number of aryl methyl sites for hydroxylation is 1. The van der Waals surface area contributed by atoms with E-state index in [1.54, 1.807) is 11.3 Å². The van der Waals surface area contributed by atoms with E-state index in [1.807, 2.05) is 30.6 Å². The SMILES string of the molecule is Cc1ncsc1CN(C)CC(C(N)=S)c1ccccc1. The molecule has 0 bridgehead atoms. The number of thiocarbonyl (C=S) groups is 1. The second-order valence-electron chi connectivity index (χ2n) is 4.92. The zero-order valence-corrected chi connectivity index (χ0v) is 13.4. The van der Waals surface area contributed by atoms with Crippen LogP contribution in [0.15, 0.2) is 35.8 Å². The smallest absolute Gasteiger partial charge is 0.0816 e. The molecule has 0 saturated heterocycles. The number of rotatable bonds is 6. The third-order valence-electron chi connectivity index (χ3n) is 3.30. The summed E-state index contributed by atoms with van der Waals surface area (Å²) in [5, 5.41) is 0. The van der Waals surface area contributed by atoms with Crippen LogP contribution in [-0.2, 0) is 6.54 Å². The molecule has 0 amide bonds. The maximum absolute atomic E-state index is 5.92. The molecule has 1 aromatic heterocycles. The molecule has 106 valence electrons. The van der Waals surface area contributed by atoms with Crippen molar-refractivity contribution in [1.82, 2.24) is 9.88 Å². The quantitative estimate of drug-likeness (QED) is 0.833. The molecule has 1 atom stereocenters. The van der Waals surface area contributed by atoms with Crippen LogP contribution in [0.3, 0.4) is 0 Å². The Balaban J connectivity index is 2.05. The maximum atomic E-state index is 5.92. The van der Waals surface area contributed by atoms with Crippen LogP contribution in [0.25, 0.3) is 0 Å². The van der Waals surface area contributed by atoms with E-state index in [9.17, 15) is 0 Å². The summed E-state index contributed by atoms with van der Waals surface area (Å²) < 4.78 is 0. The molecule has 5 heteroatoms. The molecular weight excluding hydrogens is 286 g/mol. The maximum Gasteiger partial charge on any atom is 0.0816 e. The van der Waals surface area contributed by atoms with Gasteiger partial charge in [-0.2, -0.15) is 0 Å². The molecular formula is C15H19N3S2. The zero-order chi connectivity index (χ0) is 14.5. The van der Waals surface area contributed by atoms with Crippen molar-refractivity contribution in [3.63, 3.8) is 0 Å². The van der Waals surface area contributed by atoms with Gasteiger partial charge >= 0.3 is 0 Å². The lowest BCUT2D eigenvalue weighted by Gasteiger charge is -2.23. The largest absolute Gasteiger partial charge is 0.393 e. The molecule has 0 aliphatic heterocycles. The molecule has 0 fully saturated rings. The molecule has 1 unspecified atom stereocenters. The Morgan fingerprint density at radius 1 is 1.40 bits per heavy atom. The molecule has 2 rings (SSSR count). The van der Waals surface area contributed by atoms with Crippen molar-refractivity contribution < 1.29 is 0 Å². The summed E-state index contributed by atoms with van der Waals surface area (Å²) in [5.74, 6) is 0.0874. The first kappa shape index (κ1) is 15.1.